The maximum atomic E-state index is 4.90. The molecule has 6 heteroatoms. The lowest BCUT2D eigenvalue weighted by molar-refractivity contribution is 0.387. The first kappa shape index (κ1) is 17.6. The number of nitrogens with zero attached hydrogens (tertiary/aromatic N) is 4. The molecule has 2 aromatic rings. The zero-order valence-corrected chi connectivity index (χ0v) is 15.4. The second kappa shape index (κ2) is 7.78. The van der Waals surface area contributed by atoms with Gasteiger partial charge in [0.05, 0.1) is 11.4 Å². The van der Waals surface area contributed by atoms with Crippen LogP contribution in [0.4, 0.5) is 11.6 Å². The predicted octanol–water partition coefficient (Wildman–Crippen LogP) is 3.19. The van der Waals surface area contributed by atoms with Gasteiger partial charge in [0.25, 0.3) is 0 Å². The van der Waals surface area contributed by atoms with Crippen molar-refractivity contribution < 1.29 is 0 Å². The minimum absolute atomic E-state index is 0.522. The van der Waals surface area contributed by atoms with Crippen molar-refractivity contribution >= 4 is 18.4 Å². The third kappa shape index (κ3) is 3.90. The number of rotatable bonds is 6. The van der Waals surface area contributed by atoms with Gasteiger partial charge in [-0.25, -0.2) is 9.98 Å². The summed E-state index contributed by atoms with van der Waals surface area (Å²) in [5.74, 6) is 2.39. The summed E-state index contributed by atoms with van der Waals surface area (Å²) in [6.45, 7) is 13.2. The monoisotopic (exact) mass is 340 g/mol. The molecule has 1 unspecified atom stereocenters. The average Bonchev–Trinajstić information content (AvgIpc) is 3.04. The van der Waals surface area contributed by atoms with E-state index in [0.29, 0.717) is 17.8 Å². The van der Waals surface area contributed by atoms with Crippen LogP contribution in [0, 0.1) is 5.92 Å². The molecule has 1 aliphatic heterocycles. The van der Waals surface area contributed by atoms with E-state index in [9.17, 15) is 0 Å². The molecule has 0 spiro atoms. The minimum atomic E-state index is 0.522. The summed E-state index contributed by atoms with van der Waals surface area (Å²) in [6.07, 6.45) is 2.03. The second-order valence-corrected chi connectivity index (χ2v) is 7.02. The number of piperazine rings is 1. The van der Waals surface area contributed by atoms with Gasteiger partial charge in [0.2, 0.25) is 0 Å². The number of aromatic amines is 1. The van der Waals surface area contributed by atoms with Crippen LogP contribution in [0.15, 0.2) is 23.2 Å². The molecule has 25 heavy (non-hydrogen) atoms. The first-order chi connectivity index (χ1) is 12.1. The number of pyridine rings is 1. The molecule has 0 bridgehead atoms. The Morgan fingerprint density at radius 2 is 2.24 bits per heavy atom. The Hall–Kier alpha value is -2.21. The molecule has 2 N–H and O–H groups in total. The molecule has 1 fully saturated rings. The quantitative estimate of drug-likeness (QED) is 0.793. The fraction of sp³-hybridized carbons (Fsp3) is 0.526. The van der Waals surface area contributed by atoms with Crippen LogP contribution in [-0.4, -0.2) is 47.6 Å². The summed E-state index contributed by atoms with van der Waals surface area (Å²) in [5.41, 5.74) is 2.92. The van der Waals surface area contributed by atoms with E-state index in [2.05, 4.69) is 65.0 Å². The number of aromatic nitrogens is 3. The third-order valence-corrected chi connectivity index (χ3v) is 4.67. The van der Waals surface area contributed by atoms with Crippen LogP contribution in [0.2, 0.25) is 0 Å². The Kier molecular flexibility index (Phi) is 5.48. The number of nitrogens with one attached hydrogen (secondary N) is 2. The van der Waals surface area contributed by atoms with Gasteiger partial charge in [-0.1, -0.05) is 26.8 Å². The molecule has 1 saturated heterocycles. The Morgan fingerprint density at radius 1 is 1.40 bits per heavy atom. The van der Waals surface area contributed by atoms with E-state index in [-0.39, 0.29) is 0 Å². The van der Waals surface area contributed by atoms with Crippen LogP contribution in [-0.2, 0) is 6.42 Å². The zero-order valence-electron chi connectivity index (χ0n) is 15.4. The van der Waals surface area contributed by atoms with Crippen LogP contribution >= 0.6 is 0 Å². The minimum Gasteiger partial charge on any atom is -0.354 e. The first-order valence-corrected chi connectivity index (χ1v) is 9.12. The van der Waals surface area contributed by atoms with E-state index in [1.54, 1.807) is 0 Å². The highest BCUT2D eigenvalue weighted by Crippen LogP contribution is 2.29. The predicted molar refractivity (Wildman–Crippen MR) is 104 cm³/mol. The van der Waals surface area contributed by atoms with Gasteiger partial charge in [0.15, 0.2) is 5.82 Å². The standard InChI is InChI=1S/C19H28N6/c1-5-15-18(23-24-19(15)20-4)16-7-6-8-17(22-16)25-10-9-21-14(12-25)11-13(2)3/h6-8,13-14,21H,4-5,9-12H2,1-3H3,(H,23,24). The normalized spacial score (nSPS) is 17.9. The van der Waals surface area contributed by atoms with Gasteiger partial charge < -0.3 is 10.2 Å². The molecule has 0 aromatic carbocycles. The number of H-pyrrole nitrogens is 1. The molecule has 2 aromatic heterocycles. The van der Waals surface area contributed by atoms with Crippen molar-refractivity contribution in [3.05, 3.63) is 23.8 Å². The first-order valence-electron chi connectivity index (χ1n) is 9.12. The van der Waals surface area contributed by atoms with Crippen molar-refractivity contribution in [1.29, 1.82) is 0 Å². The Balaban J connectivity index is 1.84. The fourth-order valence-electron chi connectivity index (χ4n) is 3.53. The topological polar surface area (TPSA) is 69.2 Å². The zero-order chi connectivity index (χ0) is 17.8. The lowest BCUT2D eigenvalue weighted by Crippen LogP contribution is -2.51. The summed E-state index contributed by atoms with van der Waals surface area (Å²) in [6, 6.07) is 6.71. The highest BCUT2D eigenvalue weighted by Gasteiger charge is 2.22. The van der Waals surface area contributed by atoms with E-state index < -0.39 is 0 Å². The van der Waals surface area contributed by atoms with Gasteiger partial charge in [0, 0.05) is 31.2 Å². The maximum absolute atomic E-state index is 4.90. The molecule has 1 atom stereocenters. The van der Waals surface area contributed by atoms with E-state index in [4.69, 9.17) is 4.98 Å². The van der Waals surface area contributed by atoms with Crippen LogP contribution < -0.4 is 10.2 Å². The lowest BCUT2D eigenvalue weighted by atomic mass is 10.0. The Labute approximate surface area is 149 Å². The van der Waals surface area contributed by atoms with Crippen molar-refractivity contribution in [2.45, 2.75) is 39.7 Å². The summed E-state index contributed by atoms with van der Waals surface area (Å²) in [5, 5.41) is 11.0. The van der Waals surface area contributed by atoms with Gasteiger partial charge in [0.1, 0.15) is 5.82 Å². The van der Waals surface area contributed by atoms with Crippen molar-refractivity contribution in [2.24, 2.45) is 10.9 Å². The van der Waals surface area contributed by atoms with Crippen molar-refractivity contribution in [2.75, 3.05) is 24.5 Å². The maximum Gasteiger partial charge on any atom is 0.176 e. The summed E-state index contributed by atoms with van der Waals surface area (Å²) < 4.78 is 0. The van der Waals surface area contributed by atoms with Gasteiger partial charge >= 0.3 is 0 Å². The molecule has 1 aliphatic rings. The summed E-state index contributed by atoms with van der Waals surface area (Å²) in [4.78, 5) is 11.3. The molecule has 3 heterocycles. The van der Waals surface area contributed by atoms with Crippen molar-refractivity contribution in [3.8, 4) is 11.4 Å². The SMILES string of the molecule is C=Nc1n[nH]c(-c2cccc(N3CCNC(CC(C)C)C3)n2)c1CC. The van der Waals surface area contributed by atoms with E-state index >= 15 is 0 Å². The molecule has 0 amide bonds. The molecule has 3 rings (SSSR count). The van der Waals surface area contributed by atoms with Crippen molar-refractivity contribution in [1.82, 2.24) is 20.5 Å². The lowest BCUT2D eigenvalue weighted by Gasteiger charge is -2.35. The smallest absolute Gasteiger partial charge is 0.176 e. The Morgan fingerprint density at radius 3 is 2.96 bits per heavy atom. The van der Waals surface area contributed by atoms with Crippen molar-refractivity contribution in [3.63, 3.8) is 0 Å². The van der Waals surface area contributed by atoms with E-state index in [1.165, 1.54) is 6.42 Å². The molecule has 134 valence electrons. The number of aliphatic imine (C=N–C) groups is 1. The van der Waals surface area contributed by atoms with Gasteiger partial charge in [-0.15, -0.1) is 0 Å². The highest BCUT2D eigenvalue weighted by molar-refractivity contribution is 5.67. The third-order valence-electron chi connectivity index (χ3n) is 4.67. The van der Waals surface area contributed by atoms with Crippen LogP contribution in [0.3, 0.4) is 0 Å². The van der Waals surface area contributed by atoms with Gasteiger partial charge in [-0.2, -0.15) is 5.10 Å². The molecule has 0 radical (unpaired) electrons. The van der Waals surface area contributed by atoms with Gasteiger partial charge in [-0.05, 0) is 37.6 Å². The molecular formula is C19H28N6. The second-order valence-electron chi connectivity index (χ2n) is 7.02. The number of hydrogen-bond acceptors (Lipinski definition) is 5. The van der Waals surface area contributed by atoms with Gasteiger partial charge in [-0.3, -0.25) is 5.10 Å². The van der Waals surface area contributed by atoms with Crippen LogP contribution in [0.5, 0.6) is 0 Å². The number of anilines is 1. The fourth-order valence-corrected chi connectivity index (χ4v) is 3.53. The summed E-state index contributed by atoms with van der Waals surface area (Å²) in [7, 11) is 0. The summed E-state index contributed by atoms with van der Waals surface area (Å²) >= 11 is 0. The van der Waals surface area contributed by atoms with E-state index in [0.717, 1.165) is 48.8 Å². The number of hydrogen-bond donors (Lipinski definition) is 2. The highest BCUT2D eigenvalue weighted by atomic mass is 15.2. The average molecular weight is 340 g/mol. The van der Waals surface area contributed by atoms with Crippen LogP contribution in [0.25, 0.3) is 11.4 Å². The Bertz CT molecular complexity index is 720. The molecule has 0 saturated carbocycles. The molecule has 0 aliphatic carbocycles. The van der Waals surface area contributed by atoms with Crippen LogP contribution in [0.1, 0.15) is 32.8 Å². The largest absolute Gasteiger partial charge is 0.354 e. The van der Waals surface area contributed by atoms with E-state index in [1.807, 2.05) is 6.07 Å². The molecule has 6 nitrogen and oxygen atoms in total. The molecular weight excluding hydrogens is 312 g/mol.